The highest BCUT2D eigenvalue weighted by Crippen LogP contribution is 2.33. The molecule has 0 aliphatic carbocycles. The van der Waals surface area contributed by atoms with Crippen LogP contribution >= 0.6 is 0 Å². The Morgan fingerprint density at radius 2 is 1.77 bits per heavy atom. The minimum Gasteiger partial charge on any atom is -0.497 e. The van der Waals surface area contributed by atoms with E-state index in [-0.39, 0.29) is 18.0 Å². The van der Waals surface area contributed by atoms with Gasteiger partial charge in [0, 0.05) is 17.3 Å². The smallest absolute Gasteiger partial charge is 0.242 e. The lowest BCUT2D eigenvalue weighted by Gasteiger charge is -2.15. The number of amides is 1. The van der Waals surface area contributed by atoms with Gasteiger partial charge >= 0.3 is 0 Å². The first-order valence-corrected chi connectivity index (χ1v) is 8.62. The number of carbonyl (C=O) groups excluding carboxylic acids is 1. The van der Waals surface area contributed by atoms with Crippen LogP contribution in [0.2, 0.25) is 0 Å². The Morgan fingerprint density at radius 3 is 2.42 bits per heavy atom. The maximum absolute atomic E-state index is 12.6. The molecule has 138 valence electrons. The van der Waals surface area contributed by atoms with Crippen molar-refractivity contribution in [2.45, 2.75) is 32.4 Å². The summed E-state index contributed by atoms with van der Waals surface area (Å²) in [6.07, 6.45) is 0.624. The van der Waals surface area contributed by atoms with Crippen LogP contribution in [-0.4, -0.2) is 26.2 Å². The summed E-state index contributed by atoms with van der Waals surface area (Å²) < 4.78 is 10.7. The lowest BCUT2D eigenvalue weighted by molar-refractivity contribution is -0.117. The summed E-state index contributed by atoms with van der Waals surface area (Å²) in [7, 11) is 3.25. The molecule has 6 heteroatoms. The van der Waals surface area contributed by atoms with Crippen molar-refractivity contribution in [3.63, 3.8) is 0 Å². The van der Waals surface area contributed by atoms with E-state index in [2.05, 4.69) is 22.2 Å². The molecule has 1 heterocycles. The summed E-state index contributed by atoms with van der Waals surface area (Å²) in [5.41, 5.74) is 10.3. The molecule has 2 aromatic rings. The Kier molecular flexibility index (Phi) is 5.44. The third-order valence-electron chi connectivity index (χ3n) is 4.52. The second kappa shape index (κ2) is 7.76. The van der Waals surface area contributed by atoms with Gasteiger partial charge < -0.3 is 14.8 Å². The fourth-order valence-electron chi connectivity index (χ4n) is 3.31. The van der Waals surface area contributed by atoms with E-state index < -0.39 is 0 Å². The van der Waals surface area contributed by atoms with Crippen LogP contribution in [-0.2, 0) is 4.79 Å². The number of anilines is 1. The van der Waals surface area contributed by atoms with Crippen molar-refractivity contribution >= 4 is 11.6 Å². The maximum atomic E-state index is 12.6. The summed E-state index contributed by atoms with van der Waals surface area (Å²) in [6.45, 7) is 4.04. The van der Waals surface area contributed by atoms with Crippen molar-refractivity contribution in [1.82, 2.24) is 10.9 Å². The van der Waals surface area contributed by atoms with E-state index in [0.29, 0.717) is 6.42 Å². The number of methoxy groups -OCH3 is 2. The lowest BCUT2D eigenvalue weighted by atomic mass is 10.0. The number of hydrogen-bond acceptors (Lipinski definition) is 5. The van der Waals surface area contributed by atoms with Crippen LogP contribution in [0.4, 0.5) is 5.69 Å². The quantitative estimate of drug-likeness (QED) is 0.769. The summed E-state index contributed by atoms with van der Waals surface area (Å²) in [6, 6.07) is 11.4. The summed E-state index contributed by atoms with van der Waals surface area (Å²) in [5.74, 6) is 1.41. The van der Waals surface area contributed by atoms with Gasteiger partial charge in [-0.3, -0.25) is 4.79 Å². The fourth-order valence-corrected chi connectivity index (χ4v) is 3.31. The Labute approximate surface area is 153 Å². The SMILES string of the molecule is COc1ccc(C2CC(C(=O)Nc3cc(C)cc(C)c3)NN2)c(OC)c1. The highest BCUT2D eigenvalue weighted by Gasteiger charge is 2.31. The van der Waals surface area contributed by atoms with E-state index in [1.54, 1.807) is 14.2 Å². The van der Waals surface area contributed by atoms with Crippen LogP contribution in [0.1, 0.15) is 29.2 Å². The van der Waals surface area contributed by atoms with Crippen molar-refractivity contribution in [2.24, 2.45) is 0 Å². The first kappa shape index (κ1) is 18.2. The van der Waals surface area contributed by atoms with Crippen molar-refractivity contribution in [2.75, 3.05) is 19.5 Å². The van der Waals surface area contributed by atoms with Crippen LogP contribution in [0.25, 0.3) is 0 Å². The van der Waals surface area contributed by atoms with Gasteiger partial charge in [0.2, 0.25) is 5.91 Å². The van der Waals surface area contributed by atoms with E-state index in [0.717, 1.165) is 33.9 Å². The number of ether oxygens (including phenoxy) is 2. The molecule has 1 saturated heterocycles. The minimum atomic E-state index is -0.326. The summed E-state index contributed by atoms with van der Waals surface area (Å²) in [4.78, 5) is 12.6. The number of rotatable bonds is 5. The number of aryl methyl sites for hydroxylation is 2. The molecule has 1 aliphatic heterocycles. The van der Waals surface area contributed by atoms with Crippen LogP contribution in [0, 0.1) is 13.8 Å². The molecule has 0 saturated carbocycles. The molecule has 0 bridgehead atoms. The predicted octanol–water partition coefficient (Wildman–Crippen LogP) is 2.87. The normalized spacial score (nSPS) is 19.2. The predicted molar refractivity (Wildman–Crippen MR) is 102 cm³/mol. The van der Waals surface area contributed by atoms with Crippen molar-refractivity contribution in [3.05, 3.63) is 53.1 Å². The molecule has 2 atom stereocenters. The molecule has 1 amide bonds. The minimum absolute atomic E-state index is 0.0224. The number of carbonyl (C=O) groups is 1. The number of nitrogens with one attached hydrogen (secondary N) is 3. The molecule has 6 nitrogen and oxygen atoms in total. The second-order valence-corrected chi connectivity index (χ2v) is 6.60. The molecule has 0 aromatic heterocycles. The molecular formula is C20H25N3O3. The van der Waals surface area contributed by atoms with Gasteiger partial charge in [0.05, 0.1) is 20.3 Å². The van der Waals surface area contributed by atoms with Gasteiger partial charge in [-0.2, -0.15) is 0 Å². The Balaban J connectivity index is 1.69. The van der Waals surface area contributed by atoms with E-state index >= 15 is 0 Å². The van der Waals surface area contributed by atoms with Crippen molar-refractivity contribution in [1.29, 1.82) is 0 Å². The molecule has 1 fully saturated rings. The van der Waals surface area contributed by atoms with Gasteiger partial charge in [0.15, 0.2) is 0 Å². The average molecular weight is 355 g/mol. The largest absolute Gasteiger partial charge is 0.497 e. The zero-order valence-electron chi connectivity index (χ0n) is 15.6. The first-order chi connectivity index (χ1) is 12.5. The van der Waals surface area contributed by atoms with Gasteiger partial charge in [0.1, 0.15) is 17.5 Å². The van der Waals surface area contributed by atoms with Crippen LogP contribution in [0.5, 0.6) is 11.5 Å². The zero-order chi connectivity index (χ0) is 18.7. The maximum Gasteiger partial charge on any atom is 0.242 e. The fraction of sp³-hybridized carbons (Fsp3) is 0.350. The van der Waals surface area contributed by atoms with E-state index in [1.807, 2.05) is 44.2 Å². The van der Waals surface area contributed by atoms with Crippen LogP contribution in [0.15, 0.2) is 36.4 Å². The van der Waals surface area contributed by atoms with Gasteiger partial charge in [-0.15, -0.1) is 0 Å². The number of hydrazine groups is 1. The molecule has 1 aliphatic rings. The molecule has 0 spiro atoms. The third-order valence-corrected chi connectivity index (χ3v) is 4.52. The van der Waals surface area contributed by atoms with Crippen molar-refractivity contribution < 1.29 is 14.3 Å². The lowest BCUT2D eigenvalue weighted by Crippen LogP contribution is -2.39. The highest BCUT2D eigenvalue weighted by molar-refractivity contribution is 5.95. The number of hydrogen-bond donors (Lipinski definition) is 3. The standard InChI is InChI=1S/C20H25N3O3/c1-12-7-13(2)9-14(8-12)21-20(24)18-11-17(22-23-18)16-6-5-15(25-3)10-19(16)26-4/h5-10,17-18,22-23H,11H2,1-4H3,(H,21,24). The topological polar surface area (TPSA) is 71.6 Å². The molecule has 2 unspecified atom stereocenters. The zero-order valence-corrected chi connectivity index (χ0v) is 15.6. The molecule has 3 rings (SSSR count). The van der Waals surface area contributed by atoms with Crippen LogP contribution in [0.3, 0.4) is 0 Å². The van der Waals surface area contributed by atoms with Gasteiger partial charge in [-0.25, -0.2) is 10.9 Å². The Bertz CT molecular complexity index is 787. The van der Waals surface area contributed by atoms with Crippen molar-refractivity contribution in [3.8, 4) is 11.5 Å². The van der Waals surface area contributed by atoms with Gasteiger partial charge in [0.25, 0.3) is 0 Å². The summed E-state index contributed by atoms with van der Waals surface area (Å²) >= 11 is 0. The first-order valence-electron chi connectivity index (χ1n) is 8.62. The number of benzene rings is 2. The van der Waals surface area contributed by atoms with E-state index in [1.165, 1.54) is 0 Å². The van der Waals surface area contributed by atoms with E-state index in [4.69, 9.17) is 9.47 Å². The second-order valence-electron chi connectivity index (χ2n) is 6.60. The third kappa shape index (κ3) is 3.98. The molecule has 0 radical (unpaired) electrons. The molecular weight excluding hydrogens is 330 g/mol. The Hall–Kier alpha value is -2.57. The van der Waals surface area contributed by atoms with Gasteiger partial charge in [-0.05, 0) is 49.6 Å². The molecule has 26 heavy (non-hydrogen) atoms. The molecule has 3 N–H and O–H groups in total. The Morgan fingerprint density at radius 1 is 1.04 bits per heavy atom. The molecule has 2 aromatic carbocycles. The van der Waals surface area contributed by atoms with Crippen LogP contribution < -0.4 is 25.6 Å². The highest BCUT2D eigenvalue weighted by atomic mass is 16.5. The average Bonchev–Trinajstić information content (AvgIpc) is 3.10. The monoisotopic (exact) mass is 355 g/mol. The van der Waals surface area contributed by atoms with Gasteiger partial charge in [-0.1, -0.05) is 12.1 Å². The van der Waals surface area contributed by atoms with E-state index in [9.17, 15) is 4.79 Å². The summed E-state index contributed by atoms with van der Waals surface area (Å²) in [5, 5.41) is 2.99.